The van der Waals surface area contributed by atoms with E-state index in [1.807, 2.05) is 0 Å². The molecule has 0 saturated carbocycles. The minimum absolute atomic E-state index is 0. The molecule has 0 radical (unpaired) electrons. The van der Waals surface area contributed by atoms with Gasteiger partial charge in [-0.2, -0.15) is 0 Å². The number of carboxylic acids is 2. The maximum Gasteiger partial charge on any atom is 0.341 e. The first-order valence-corrected chi connectivity index (χ1v) is 12.7. The van der Waals surface area contributed by atoms with E-state index in [9.17, 15) is 28.8 Å². The summed E-state index contributed by atoms with van der Waals surface area (Å²) in [6.07, 6.45) is 0. The highest BCUT2D eigenvalue weighted by atomic mass is 16.5. The molecule has 240 valence electrons. The van der Waals surface area contributed by atoms with Gasteiger partial charge in [-0.15, -0.1) is 0 Å². The van der Waals surface area contributed by atoms with Crippen molar-refractivity contribution < 1.29 is 48.5 Å². The molecule has 0 aliphatic rings. The predicted molar refractivity (Wildman–Crippen MR) is 163 cm³/mol. The molecule has 2 aromatic heterocycles. The van der Waals surface area contributed by atoms with Crippen molar-refractivity contribution in [1.82, 2.24) is 14.5 Å². The van der Waals surface area contributed by atoms with Gasteiger partial charge in [0.05, 0.1) is 46.3 Å². The van der Waals surface area contributed by atoms with Gasteiger partial charge in [-0.1, -0.05) is 27.0 Å². The highest BCUT2D eigenvalue weighted by Crippen LogP contribution is 2.35. The number of benzene rings is 2. The maximum absolute atomic E-state index is 12.8. The number of hydrogen-bond acceptors (Lipinski definition) is 9. The predicted octanol–water partition coefficient (Wildman–Crippen LogP) is 1.95. The molecular weight excluding hydrogens is 590 g/mol. The number of aromatic nitrogens is 2. The van der Waals surface area contributed by atoms with Crippen LogP contribution in [0.25, 0.3) is 21.8 Å². The van der Waals surface area contributed by atoms with Crippen LogP contribution in [0.3, 0.4) is 0 Å². The normalized spacial score (nSPS) is 10.5. The van der Waals surface area contributed by atoms with E-state index in [2.05, 4.69) is 5.32 Å². The van der Waals surface area contributed by atoms with Crippen LogP contribution in [0.5, 0.6) is 11.5 Å². The number of primary amides is 2. The highest BCUT2D eigenvalue weighted by molar-refractivity contribution is 6.45. The average molecular weight is 626 g/mol. The third kappa shape index (κ3) is 6.78. The van der Waals surface area contributed by atoms with E-state index < -0.39 is 48.5 Å². The Morgan fingerprint density at radius 1 is 0.689 bits per heavy atom. The summed E-state index contributed by atoms with van der Waals surface area (Å²) in [6.45, 7) is 1.90. The van der Waals surface area contributed by atoms with Crippen LogP contribution in [-0.4, -0.2) is 67.9 Å². The van der Waals surface area contributed by atoms with Crippen LogP contribution in [0.1, 0.15) is 47.0 Å². The van der Waals surface area contributed by atoms with Gasteiger partial charge in [0.2, 0.25) is 0 Å². The number of fused-ring (bicyclic) bond motifs is 2. The van der Waals surface area contributed by atoms with Crippen LogP contribution in [0.2, 0.25) is 0 Å². The molecule has 0 unspecified atom stereocenters. The number of Topliss-reactive ketones (excluding diaryl/α,β-unsaturated/α-hetero) is 2. The van der Waals surface area contributed by atoms with Crippen LogP contribution in [-0.2, 0) is 32.5 Å². The number of rotatable bonds is 14. The van der Waals surface area contributed by atoms with Gasteiger partial charge in [0.1, 0.15) is 11.5 Å². The second kappa shape index (κ2) is 14.2. The summed E-state index contributed by atoms with van der Waals surface area (Å²) in [5, 5.41) is 21.7. The van der Waals surface area contributed by atoms with E-state index in [-0.39, 0.29) is 61.6 Å². The number of nitrogens with zero attached hydrogens (tertiary/aromatic N) is 2. The number of carbonyl (C=O) groups excluding carboxylic acids is 4. The van der Waals surface area contributed by atoms with Gasteiger partial charge in [-0.05, 0) is 38.1 Å². The quantitative estimate of drug-likeness (QED) is 0.100. The molecule has 2 heterocycles. The van der Waals surface area contributed by atoms with Crippen LogP contribution in [0.15, 0.2) is 36.4 Å². The van der Waals surface area contributed by atoms with E-state index in [1.165, 1.54) is 12.1 Å². The molecule has 7 N–H and O–H groups in total. The molecule has 45 heavy (non-hydrogen) atoms. The number of ether oxygens (including phenoxy) is 2. The van der Waals surface area contributed by atoms with Crippen molar-refractivity contribution in [2.75, 3.05) is 13.2 Å². The smallest absolute Gasteiger partial charge is 0.341 e. The van der Waals surface area contributed by atoms with Crippen molar-refractivity contribution in [3.05, 3.63) is 58.9 Å². The molecule has 2 aromatic carbocycles. The Kier molecular flexibility index (Phi) is 11.2. The van der Waals surface area contributed by atoms with Crippen LogP contribution in [0, 0.1) is 13.8 Å². The highest BCUT2D eigenvalue weighted by Gasteiger charge is 2.28. The van der Waals surface area contributed by atoms with Crippen molar-refractivity contribution >= 4 is 57.1 Å². The number of nitrogens with one attached hydrogen (secondary N) is 1. The lowest BCUT2D eigenvalue weighted by molar-refractivity contribution is -0.140. The zero-order chi connectivity index (χ0) is 31.6. The van der Waals surface area contributed by atoms with Gasteiger partial charge in [0, 0.05) is 11.4 Å². The molecule has 4 rings (SSSR count). The second-order valence-corrected chi connectivity index (χ2v) is 9.40. The fourth-order valence-electron chi connectivity index (χ4n) is 4.99. The Hall–Kier alpha value is -5.70. The maximum atomic E-state index is 12.8. The lowest BCUT2D eigenvalue weighted by atomic mass is 10.1. The van der Waals surface area contributed by atoms with Gasteiger partial charge in [-0.25, -0.2) is 9.59 Å². The second-order valence-electron chi connectivity index (χ2n) is 9.40. The van der Waals surface area contributed by atoms with Crippen LogP contribution < -0.4 is 26.3 Å². The third-order valence-electron chi connectivity index (χ3n) is 6.77. The van der Waals surface area contributed by atoms with Crippen LogP contribution >= 0.6 is 0 Å². The largest absolute Gasteiger partial charge is 0.481 e. The summed E-state index contributed by atoms with van der Waals surface area (Å²) in [7, 11) is 0. The molecule has 15 heteroatoms. The topological polar surface area (TPSA) is 235 Å². The molecule has 4 aromatic rings. The first-order valence-electron chi connectivity index (χ1n) is 12.7. The summed E-state index contributed by atoms with van der Waals surface area (Å²) in [6, 6.07) is 9.44. The Bertz CT molecular complexity index is 1700. The van der Waals surface area contributed by atoms with Gasteiger partial charge in [0.25, 0.3) is 23.4 Å². The van der Waals surface area contributed by atoms with E-state index in [0.717, 1.165) is 0 Å². The van der Waals surface area contributed by atoms with Crippen molar-refractivity contribution in [2.45, 2.75) is 42.0 Å². The fraction of sp³-hybridized carbons (Fsp3) is 0.267. The standard InChI is InChI=1S/C28H27N5O10.2CH4/c1-13-21(25(38)27(29)40)23-15(5-3-7-17(23)42-9-19(34)35)32(13)11-31-12-33-14(2)22(26(39)28(30)41)24-16(33)6-4-8-18(24)43-10-20(36)37;;/h3-8,31H,9-12H2,1-2H3,(H2,29,40)(H2,30,41)(H,34,35)(H,36,37);2*1H4. The molecule has 0 fully saturated rings. The monoisotopic (exact) mass is 625 g/mol. The van der Waals surface area contributed by atoms with Crippen molar-refractivity contribution in [2.24, 2.45) is 11.5 Å². The Morgan fingerprint density at radius 3 is 1.36 bits per heavy atom. The molecule has 0 saturated heterocycles. The van der Waals surface area contributed by atoms with E-state index in [4.69, 9.17) is 31.2 Å². The summed E-state index contributed by atoms with van der Waals surface area (Å²) < 4.78 is 14.1. The van der Waals surface area contributed by atoms with Gasteiger partial charge in [-0.3, -0.25) is 24.5 Å². The number of ketones is 2. The summed E-state index contributed by atoms with van der Waals surface area (Å²) in [4.78, 5) is 71.6. The molecule has 0 aliphatic heterocycles. The lowest BCUT2D eigenvalue weighted by Gasteiger charge is -2.14. The number of nitrogens with two attached hydrogens (primary N) is 2. The SMILES string of the molecule is C.C.Cc1c(C(=O)C(N)=O)c2c(OCC(=O)O)cccc2n1CNCn1c(C)c(C(=O)C(N)=O)c2c(OCC(=O)O)cccc21. The van der Waals surface area contributed by atoms with E-state index in [1.54, 1.807) is 47.2 Å². The summed E-state index contributed by atoms with van der Waals surface area (Å²) in [5.41, 5.74) is 12.1. The van der Waals surface area contributed by atoms with Crippen LogP contribution in [0.4, 0.5) is 0 Å². The third-order valence-corrected chi connectivity index (χ3v) is 6.77. The van der Waals surface area contributed by atoms with Crippen molar-refractivity contribution in [3.63, 3.8) is 0 Å². The van der Waals surface area contributed by atoms with Gasteiger partial charge >= 0.3 is 11.9 Å². The first-order chi connectivity index (χ1) is 20.3. The Morgan fingerprint density at radius 2 is 1.04 bits per heavy atom. The fourth-order valence-corrected chi connectivity index (χ4v) is 4.99. The van der Waals surface area contributed by atoms with Gasteiger partial charge < -0.3 is 40.3 Å². The number of hydrogen-bond donors (Lipinski definition) is 5. The molecule has 0 spiro atoms. The number of amides is 2. The number of carboxylic acid groups (broad SMARTS) is 2. The lowest BCUT2D eigenvalue weighted by Crippen LogP contribution is -2.26. The number of carbonyl (C=O) groups is 6. The van der Waals surface area contributed by atoms with Crippen molar-refractivity contribution in [3.8, 4) is 11.5 Å². The Labute approximate surface area is 257 Å². The van der Waals surface area contributed by atoms with E-state index >= 15 is 0 Å². The number of aliphatic carboxylic acids is 2. The summed E-state index contributed by atoms with van der Waals surface area (Å²) in [5.74, 6) is -6.71. The average Bonchev–Trinajstić information content (AvgIpc) is 3.40. The molecule has 0 atom stereocenters. The molecular formula is C30H35N5O10. The molecule has 0 bridgehead atoms. The van der Waals surface area contributed by atoms with E-state index in [0.29, 0.717) is 22.4 Å². The minimum Gasteiger partial charge on any atom is -0.481 e. The molecule has 15 nitrogen and oxygen atoms in total. The summed E-state index contributed by atoms with van der Waals surface area (Å²) >= 11 is 0. The Balaban J connectivity index is 0.00000353. The zero-order valence-corrected chi connectivity index (χ0v) is 23.0. The molecule has 2 amide bonds. The zero-order valence-electron chi connectivity index (χ0n) is 23.0. The first kappa shape index (κ1) is 35.5. The minimum atomic E-state index is -1.24. The van der Waals surface area contributed by atoms with Crippen molar-refractivity contribution in [1.29, 1.82) is 0 Å². The molecule has 0 aliphatic carbocycles. The van der Waals surface area contributed by atoms with Gasteiger partial charge in [0.15, 0.2) is 13.2 Å².